The Morgan fingerprint density at radius 3 is 2.38 bits per heavy atom. The molecule has 0 aliphatic heterocycles. The quantitative estimate of drug-likeness (QED) is 0.692. The van der Waals surface area contributed by atoms with Crippen LogP contribution in [0.4, 0.5) is 16.2 Å². The van der Waals surface area contributed by atoms with E-state index in [2.05, 4.69) is 35.4 Å². The number of rotatable bonds is 8. The Hall–Kier alpha value is -2.69. The summed E-state index contributed by atoms with van der Waals surface area (Å²) in [7, 11) is 0. The zero-order valence-electron chi connectivity index (χ0n) is 16.1. The Morgan fingerprint density at radius 1 is 1.04 bits per heavy atom. The van der Waals surface area contributed by atoms with Gasteiger partial charge in [-0.1, -0.05) is 12.1 Å². The smallest absolute Gasteiger partial charge is 0.319 e. The maximum absolute atomic E-state index is 12.0. The Bertz CT molecular complexity index is 710. The average Bonchev–Trinajstić information content (AvgIpc) is 2.64. The van der Waals surface area contributed by atoms with E-state index >= 15 is 0 Å². The van der Waals surface area contributed by atoms with E-state index in [0.717, 1.165) is 41.3 Å². The van der Waals surface area contributed by atoms with Gasteiger partial charge in [-0.2, -0.15) is 0 Å². The maximum Gasteiger partial charge on any atom is 0.319 e. The molecule has 0 unspecified atom stereocenters. The predicted molar refractivity (Wildman–Crippen MR) is 108 cm³/mol. The standard InChI is InChI=1S/C21H29N3O2/c1-5-24(6-2)19-11-9-18(10-12-19)23-21(25)22-13-14-26-20-15-16(3)7-8-17(20)4/h7-12,15H,5-6,13-14H2,1-4H3,(H2,22,23,25). The minimum Gasteiger partial charge on any atom is -0.491 e. The summed E-state index contributed by atoms with van der Waals surface area (Å²) in [5, 5.41) is 5.65. The number of amides is 2. The Labute approximate surface area is 156 Å². The van der Waals surface area contributed by atoms with Crippen molar-refractivity contribution in [2.45, 2.75) is 27.7 Å². The molecule has 0 aromatic heterocycles. The van der Waals surface area contributed by atoms with Crippen LogP contribution in [-0.4, -0.2) is 32.3 Å². The molecule has 0 saturated carbocycles. The number of nitrogens with one attached hydrogen (secondary N) is 2. The molecule has 0 heterocycles. The molecule has 5 nitrogen and oxygen atoms in total. The summed E-state index contributed by atoms with van der Waals surface area (Å²) in [6.45, 7) is 11.1. The third kappa shape index (κ3) is 5.69. The first kappa shape index (κ1) is 19.6. The van der Waals surface area contributed by atoms with Crippen LogP contribution in [0.15, 0.2) is 42.5 Å². The SMILES string of the molecule is CCN(CC)c1ccc(NC(=O)NCCOc2cc(C)ccc2C)cc1. The van der Waals surface area contributed by atoms with Crippen LogP contribution in [-0.2, 0) is 0 Å². The lowest BCUT2D eigenvalue weighted by molar-refractivity contribution is 0.247. The summed E-state index contributed by atoms with van der Waals surface area (Å²) in [4.78, 5) is 14.2. The van der Waals surface area contributed by atoms with Crippen molar-refractivity contribution in [1.29, 1.82) is 0 Å². The summed E-state index contributed by atoms with van der Waals surface area (Å²) < 4.78 is 5.74. The molecule has 140 valence electrons. The molecule has 2 amide bonds. The molecule has 0 spiro atoms. The van der Waals surface area contributed by atoms with Gasteiger partial charge in [-0.3, -0.25) is 0 Å². The summed E-state index contributed by atoms with van der Waals surface area (Å²) >= 11 is 0. The van der Waals surface area contributed by atoms with Crippen molar-refractivity contribution in [3.05, 3.63) is 53.6 Å². The Kier molecular flexibility index (Phi) is 7.33. The van der Waals surface area contributed by atoms with E-state index in [1.165, 1.54) is 0 Å². The van der Waals surface area contributed by atoms with E-state index in [9.17, 15) is 4.79 Å². The van der Waals surface area contributed by atoms with Crippen LogP contribution in [0.2, 0.25) is 0 Å². The monoisotopic (exact) mass is 355 g/mol. The average molecular weight is 355 g/mol. The van der Waals surface area contributed by atoms with E-state index in [0.29, 0.717) is 13.2 Å². The van der Waals surface area contributed by atoms with E-state index in [-0.39, 0.29) is 6.03 Å². The number of hydrogen-bond donors (Lipinski definition) is 2. The van der Waals surface area contributed by atoms with Crippen LogP contribution in [0.3, 0.4) is 0 Å². The lowest BCUT2D eigenvalue weighted by atomic mass is 10.1. The second kappa shape index (κ2) is 9.70. The number of carbonyl (C=O) groups is 1. The van der Waals surface area contributed by atoms with Gasteiger partial charge in [0.25, 0.3) is 0 Å². The number of ether oxygens (including phenoxy) is 1. The first-order valence-electron chi connectivity index (χ1n) is 9.13. The van der Waals surface area contributed by atoms with Gasteiger partial charge in [0.2, 0.25) is 0 Å². The summed E-state index contributed by atoms with van der Waals surface area (Å²) in [5.74, 6) is 0.860. The molecule has 2 aromatic carbocycles. The highest BCUT2D eigenvalue weighted by atomic mass is 16.5. The predicted octanol–water partition coefficient (Wildman–Crippen LogP) is 4.35. The molecule has 26 heavy (non-hydrogen) atoms. The maximum atomic E-state index is 12.0. The van der Waals surface area contributed by atoms with Crippen LogP contribution < -0.4 is 20.3 Å². The lowest BCUT2D eigenvalue weighted by Gasteiger charge is -2.21. The van der Waals surface area contributed by atoms with Gasteiger partial charge in [-0.15, -0.1) is 0 Å². The highest BCUT2D eigenvalue weighted by molar-refractivity contribution is 5.89. The highest BCUT2D eigenvalue weighted by Gasteiger charge is 2.05. The van der Waals surface area contributed by atoms with Gasteiger partial charge in [0, 0.05) is 24.5 Å². The molecule has 0 bridgehead atoms. The van der Waals surface area contributed by atoms with Crippen molar-refractivity contribution >= 4 is 17.4 Å². The molecular weight excluding hydrogens is 326 g/mol. The summed E-state index contributed by atoms with van der Waals surface area (Å²) in [6.07, 6.45) is 0. The normalized spacial score (nSPS) is 10.3. The van der Waals surface area contributed by atoms with Crippen molar-refractivity contribution in [3.63, 3.8) is 0 Å². The van der Waals surface area contributed by atoms with Crippen molar-refractivity contribution in [2.24, 2.45) is 0 Å². The fourth-order valence-corrected chi connectivity index (χ4v) is 2.71. The number of carbonyl (C=O) groups excluding carboxylic acids is 1. The van der Waals surface area contributed by atoms with Crippen molar-refractivity contribution in [3.8, 4) is 5.75 Å². The molecule has 5 heteroatoms. The molecule has 0 aliphatic carbocycles. The molecule has 0 saturated heterocycles. The van der Waals surface area contributed by atoms with E-state index in [4.69, 9.17) is 4.74 Å². The minimum atomic E-state index is -0.231. The molecule has 2 rings (SSSR count). The fourth-order valence-electron chi connectivity index (χ4n) is 2.71. The topological polar surface area (TPSA) is 53.6 Å². The molecule has 0 atom stereocenters. The number of nitrogens with zero attached hydrogens (tertiary/aromatic N) is 1. The number of benzene rings is 2. The fraction of sp³-hybridized carbons (Fsp3) is 0.381. The molecule has 0 radical (unpaired) electrons. The zero-order chi connectivity index (χ0) is 18.9. The molecule has 0 aliphatic rings. The Balaban J connectivity index is 1.75. The zero-order valence-corrected chi connectivity index (χ0v) is 16.1. The van der Waals surface area contributed by atoms with E-state index in [1.54, 1.807) is 0 Å². The van der Waals surface area contributed by atoms with E-state index in [1.807, 2.05) is 50.2 Å². The molecule has 2 N–H and O–H groups in total. The molecular formula is C21H29N3O2. The highest BCUT2D eigenvalue weighted by Crippen LogP contribution is 2.19. The first-order chi connectivity index (χ1) is 12.5. The van der Waals surface area contributed by atoms with Gasteiger partial charge in [0.05, 0.1) is 6.54 Å². The van der Waals surface area contributed by atoms with Gasteiger partial charge < -0.3 is 20.3 Å². The van der Waals surface area contributed by atoms with Gasteiger partial charge in [-0.25, -0.2) is 4.79 Å². The van der Waals surface area contributed by atoms with Crippen molar-refractivity contribution < 1.29 is 9.53 Å². The second-order valence-corrected chi connectivity index (χ2v) is 6.22. The molecule has 2 aromatic rings. The number of anilines is 2. The minimum absolute atomic E-state index is 0.231. The lowest BCUT2D eigenvalue weighted by Crippen LogP contribution is -2.32. The summed E-state index contributed by atoms with van der Waals surface area (Å²) in [5.41, 5.74) is 4.18. The van der Waals surface area contributed by atoms with Gasteiger partial charge in [0.1, 0.15) is 12.4 Å². The van der Waals surface area contributed by atoms with Gasteiger partial charge in [-0.05, 0) is 69.2 Å². The Morgan fingerprint density at radius 2 is 1.73 bits per heavy atom. The summed E-state index contributed by atoms with van der Waals surface area (Å²) in [6, 6.07) is 13.7. The van der Waals surface area contributed by atoms with Crippen LogP contribution in [0.1, 0.15) is 25.0 Å². The first-order valence-corrected chi connectivity index (χ1v) is 9.13. The van der Waals surface area contributed by atoms with Crippen LogP contribution >= 0.6 is 0 Å². The van der Waals surface area contributed by atoms with Crippen molar-refractivity contribution in [2.75, 3.05) is 36.5 Å². The third-order valence-electron chi connectivity index (χ3n) is 4.24. The number of urea groups is 1. The second-order valence-electron chi connectivity index (χ2n) is 6.22. The van der Waals surface area contributed by atoms with Crippen LogP contribution in [0, 0.1) is 13.8 Å². The molecule has 0 fully saturated rings. The van der Waals surface area contributed by atoms with Gasteiger partial charge >= 0.3 is 6.03 Å². The number of aryl methyl sites for hydroxylation is 2. The van der Waals surface area contributed by atoms with Crippen LogP contribution in [0.25, 0.3) is 0 Å². The van der Waals surface area contributed by atoms with E-state index < -0.39 is 0 Å². The largest absolute Gasteiger partial charge is 0.491 e. The van der Waals surface area contributed by atoms with Gasteiger partial charge in [0.15, 0.2) is 0 Å². The third-order valence-corrected chi connectivity index (χ3v) is 4.24. The van der Waals surface area contributed by atoms with Crippen molar-refractivity contribution in [1.82, 2.24) is 5.32 Å². The van der Waals surface area contributed by atoms with Crippen LogP contribution in [0.5, 0.6) is 5.75 Å². The number of hydrogen-bond acceptors (Lipinski definition) is 3.